The summed E-state index contributed by atoms with van der Waals surface area (Å²) in [5.74, 6) is 0.114. The van der Waals surface area contributed by atoms with E-state index in [1.807, 2.05) is 18.2 Å². The number of likely N-dealkylation sites (N-methyl/N-ethyl adjacent to an activating group) is 1. The first kappa shape index (κ1) is 17.7. The zero-order valence-electron chi connectivity index (χ0n) is 16.2. The lowest BCUT2D eigenvalue weighted by Crippen LogP contribution is -2.36. The van der Waals surface area contributed by atoms with E-state index in [9.17, 15) is 4.39 Å². The van der Waals surface area contributed by atoms with Crippen LogP contribution in [0.3, 0.4) is 0 Å². The van der Waals surface area contributed by atoms with Crippen LogP contribution in [0, 0.1) is 5.82 Å². The van der Waals surface area contributed by atoms with Crippen molar-refractivity contribution in [3.63, 3.8) is 0 Å². The predicted octanol–water partition coefficient (Wildman–Crippen LogP) is 4.39. The van der Waals surface area contributed by atoms with Crippen LogP contribution >= 0.6 is 0 Å². The van der Waals surface area contributed by atoms with E-state index in [1.54, 1.807) is 12.1 Å². The van der Waals surface area contributed by atoms with Crippen molar-refractivity contribution in [2.75, 3.05) is 44.8 Å². The second kappa shape index (κ2) is 7.19. The Kier molecular flexibility index (Phi) is 4.53. The Morgan fingerprint density at radius 3 is 2.71 bits per heavy atom. The number of nitrogens with zero attached hydrogens (tertiary/aromatic N) is 2. The second-order valence-electron chi connectivity index (χ2n) is 7.95. The van der Waals surface area contributed by atoms with E-state index < -0.39 is 0 Å². The van der Waals surface area contributed by atoms with Gasteiger partial charge >= 0.3 is 0 Å². The van der Waals surface area contributed by atoms with Gasteiger partial charge in [0.05, 0.1) is 13.2 Å². The molecule has 0 aliphatic carbocycles. The van der Waals surface area contributed by atoms with Gasteiger partial charge in [0.1, 0.15) is 5.82 Å². The fraction of sp³-hybridized carbons (Fsp3) is 0.333. The van der Waals surface area contributed by atoms with Crippen molar-refractivity contribution in [3.05, 3.63) is 77.1 Å². The van der Waals surface area contributed by atoms with Gasteiger partial charge in [-0.1, -0.05) is 30.3 Å². The van der Waals surface area contributed by atoms with E-state index in [2.05, 4.69) is 41.1 Å². The highest BCUT2D eigenvalue weighted by molar-refractivity contribution is 5.84. The molecular weight excluding hydrogens is 351 g/mol. The zero-order valence-corrected chi connectivity index (χ0v) is 16.2. The van der Waals surface area contributed by atoms with Crippen LogP contribution in [-0.4, -0.2) is 44.8 Å². The summed E-state index contributed by atoms with van der Waals surface area (Å²) in [5, 5.41) is 1.66. The summed E-state index contributed by atoms with van der Waals surface area (Å²) in [6, 6.07) is 18.4. The number of halogens is 1. The molecule has 0 spiro atoms. The maximum atomic E-state index is 14.3. The smallest absolute Gasteiger partial charge is 0.131 e. The largest absolute Gasteiger partial charge is 0.378 e. The normalized spacial score (nSPS) is 20.4. The van der Waals surface area contributed by atoms with Crippen molar-refractivity contribution >= 4 is 16.5 Å². The van der Waals surface area contributed by atoms with E-state index in [4.69, 9.17) is 4.74 Å². The Morgan fingerprint density at radius 1 is 1.00 bits per heavy atom. The Bertz CT molecular complexity index is 1010. The Morgan fingerprint density at radius 2 is 1.86 bits per heavy atom. The molecule has 144 valence electrons. The van der Waals surface area contributed by atoms with E-state index in [0.717, 1.165) is 44.8 Å². The molecule has 28 heavy (non-hydrogen) atoms. The minimum Gasteiger partial charge on any atom is -0.378 e. The number of hydrogen-bond acceptors (Lipinski definition) is 3. The van der Waals surface area contributed by atoms with Crippen LogP contribution in [0.5, 0.6) is 0 Å². The van der Waals surface area contributed by atoms with Gasteiger partial charge in [-0.15, -0.1) is 0 Å². The highest BCUT2D eigenvalue weighted by atomic mass is 19.1. The molecule has 0 saturated carbocycles. The molecular formula is C24H25FN2O. The molecule has 0 bridgehead atoms. The Labute approximate surface area is 165 Å². The molecule has 2 aliphatic heterocycles. The Balaban J connectivity index is 1.54. The summed E-state index contributed by atoms with van der Waals surface area (Å²) < 4.78 is 19.8. The van der Waals surface area contributed by atoms with Crippen LogP contribution < -0.4 is 4.90 Å². The van der Waals surface area contributed by atoms with Crippen molar-refractivity contribution in [1.82, 2.24) is 4.90 Å². The summed E-state index contributed by atoms with van der Waals surface area (Å²) in [6.45, 7) is 5.38. The quantitative estimate of drug-likeness (QED) is 0.660. The standard InChI is InChI=1S/C24H25FN2O/c1-26-15-19-13-20(27-9-11-28-12-10-27)7-8-21(19)23(16-26)18-6-5-17-3-2-4-24(25)22(17)14-18/h2-8,13-14,23H,9-12,15-16H2,1H3. The summed E-state index contributed by atoms with van der Waals surface area (Å²) in [5.41, 5.74) is 5.20. The zero-order chi connectivity index (χ0) is 19.1. The number of fused-ring (bicyclic) bond motifs is 2. The number of rotatable bonds is 2. The topological polar surface area (TPSA) is 15.7 Å². The maximum absolute atomic E-state index is 14.3. The molecule has 5 rings (SSSR count). The van der Waals surface area contributed by atoms with E-state index in [-0.39, 0.29) is 11.7 Å². The van der Waals surface area contributed by atoms with Gasteiger partial charge in [-0.25, -0.2) is 4.39 Å². The molecule has 4 heteroatoms. The third-order valence-corrected chi connectivity index (χ3v) is 6.07. The Hall–Kier alpha value is -2.43. The average Bonchev–Trinajstić information content (AvgIpc) is 2.73. The molecule has 1 saturated heterocycles. The SMILES string of the molecule is CN1Cc2cc(N3CCOCC3)ccc2C(c2ccc3cccc(F)c3c2)C1. The molecule has 1 atom stereocenters. The summed E-state index contributed by atoms with van der Waals surface area (Å²) >= 11 is 0. The van der Waals surface area contributed by atoms with Crippen LogP contribution in [0.15, 0.2) is 54.6 Å². The fourth-order valence-electron chi connectivity index (χ4n) is 4.61. The number of ether oxygens (including phenoxy) is 1. The van der Waals surface area contributed by atoms with Crippen LogP contribution in [-0.2, 0) is 11.3 Å². The molecule has 3 aromatic rings. The van der Waals surface area contributed by atoms with Crippen molar-refractivity contribution in [3.8, 4) is 0 Å². The van der Waals surface area contributed by atoms with Crippen molar-refractivity contribution < 1.29 is 9.13 Å². The lowest BCUT2D eigenvalue weighted by Gasteiger charge is -2.35. The van der Waals surface area contributed by atoms with Gasteiger partial charge in [0.25, 0.3) is 0 Å². The van der Waals surface area contributed by atoms with Gasteiger partial charge in [0.15, 0.2) is 0 Å². The third-order valence-electron chi connectivity index (χ3n) is 6.07. The van der Waals surface area contributed by atoms with Crippen molar-refractivity contribution in [1.29, 1.82) is 0 Å². The number of benzene rings is 3. The number of hydrogen-bond donors (Lipinski definition) is 0. The summed E-state index contributed by atoms with van der Waals surface area (Å²) in [4.78, 5) is 4.76. The fourth-order valence-corrected chi connectivity index (χ4v) is 4.61. The van der Waals surface area contributed by atoms with E-state index in [0.29, 0.717) is 5.39 Å². The molecule has 3 nitrogen and oxygen atoms in total. The summed E-state index contributed by atoms with van der Waals surface area (Å²) in [6.07, 6.45) is 0. The van der Waals surface area contributed by atoms with Gasteiger partial charge in [-0.3, -0.25) is 0 Å². The van der Waals surface area contributed by atoms with Crippen molar-refractivity contribution in [2.45, 2.75) is 12.5 Å². The van der Waals surface area contributed by atoms with Gasteiger partial charge in [-0.2, -0.15) is 0 Å². The van der Waals surface area contributed by atoms with Crippen LogP contribution in [0.25, 0.3) is 10.8 Å². The lowest BCUT2D eigenvalue weighted by atomic mass is 9.84. The molecule has 3 aromatic carbocycles. The highest BCUT2D eigenvalue weighted by Gasteiger charge is 2.26. The molecule has 0 aromatic heterocycles. The first-order valence-corrected chi connectivity index (χ1v) is 10.0. The monoisotopic (exact) mass is 376 g/mol. The second-order valence-corrected chi connectivity index (χ2v) is 7.95. The molecule has 2 aliphatic rings. The third kappa shape index (κ3) is 3.17. The number of morpholine rings is 1. The molecule has 1 unspecified atom stereocenters. The van der Waals surface area contributed by atoms with Gasteiger partial charge in [-0.05, 0) is 53.4 Å². The van der Waals surface area contributed by atoms with E-state index in [1.165, 1.54) is 22.4 Å². The van der Waals surface area contributed by atoms with Crippen LogP contribution in [0.4, 0.5) is 10.1 Å². The summed E-state index contributed by atoms with van der Waals surface area (Å²) in [7, 11) is 2.17. The molecule has 0 amide bonds. The van der Waals surface area contributed by atoms with Gasteiger partial charge in [0, 0.05) is 43.2 Å². The van der Waals surface area contributed by atoms with Crippen LogP contribution in [0.2, 0.25) is 0 Å². The molecule has 2 heterocycles. The molecule has 0 radical (unpaired) electrons. The minimum absolute atomic E-state index is 0.147. The average molecular weight is 376 g/mol. The highest BCUT2D eigenvalue weighted by Crippen LogP contribution is 2.36. The van der Waals surface area contributed by atoms with E-state index >= 15 is 0 Å². The molecule has 0 N–H and O–H groups in total. The van der Waals surface area contributed by atoms with Gasteiger partial charge in [0.2, 0.25) is 0 Å². The molecule has 1 fully saturated rings. The minimum atomic E-state index is -0.147. The maximum Gasteiger partial charge on any atom is 0.131 e. The predicted molar refractivity (Wildman–Crippen MR) is 112 cm³/mol. The first-order chi connectivity index (χ1) is 13.7. The number of anilines is 1. The lowest BCUT2D eigenvalue weighted by molar-refractivity contribution is 0.122. The first-order valence-electron chi connectivity index (χ1n) is 10.0. The van der Waals surface area contributed by atoms with Crippen molar-refractivity contribution in [2.24, 2.45) is 0 Å². The van der Waals surface area contributed by atoms with Gasteiger partial charge < -0.3 is 14.5 Å². The van der Waals surface area contributed by atoms with Crippen LogP contribution in [0.1, 0.15) is 22.6 Å².